The zero-order valence-electron chi connectivity index (χ0n) is 15.4. The van der Waals surface area contributed by atoms with Crippen LogP contribution >= 0.6 is 34.4 Å². The van der Waals surface area contributed by atoms with Crippen LogP contribution in [0.15, 0.2) is 58.1 Å². The second-order valence-corrected chi connectivity index (χ2v) is 9.56. The van der Waals surface area contributed by atoms with Gasteiger partial charge in [0.15, 0.2) is 5.78 Å². The predicted molar refractivity (Wildman–Crippen MR) is 123 cm³/mol. The van der Waals surface area contributed by atoms with E-state index in [2.05, 4.69) is 0 Å². The van der Waals surface area contributed by atoms with Crippen molar-refractivity contribution in [1.29, 1.82) is 5.41 Å². The molecular weight excluding hydrogens is 418 g/mol. The number of thiophene rings is 1. The molecule has 0 fully saturated rings. The number of nitrogens with one attached hydrogen (secondary N) is 1. The average Bonchev–Trinajstić information content (AvgIpc) is 3.45. The van der Waals surface area contributed by atoms with Gasteiger partial charge in [0.2, 0.25) is 0 Å². The fourth-order valence-electron chi connectivity index (χ4n) is 3.62. The summed E-state index contributed by atoms with van der Waals surface area (Å²) in [6, 6.07) is 15.5. The lowest BCUT2D eigenvalue weighted by Crippen LogP contribution is -2.08. The number of hydrogen-bond donors (Lipinski definition) is 2. The van der Waals surface area contributed by atoms with E-state index in [1.54, 1.807) is 23.1 Å². The Kier molecular flexibility index (Phi) is 4.38. The van der Waals surface area contributed by atoms with Crippen LogP contribution in [0.2, 0.25) is 0 Å². The van der Waals surface area contributed by atoms with E-state index in [0.29, 0.717) is 0 Å². The van der Waals surface area contributed by atoms with Crippen molar-refractivity contribution in [2.24, 2.45) is 5.73 Å². The van der Waals surface area contributed by atoms with Gasteiger partial charge in [-0.15, -0.1) is 34.4 Å². The molecule has 142 valence electrons. The molecule has 1 aliphatic rings. The quantitative estimate of drug-likeness (QED) is 0.215. The SMILES string of the molecule is CSc1sc(C(=N)N)cc1-c1nc(-c2cccc3c2-c2ccccc2C3=O)cs1. The van der Waals surface area contributed by atoms with E-state index in [1.165, 1.54) is 11.3 Å². The molecule has 2 aromatic heterocycles. The van der Waals surface area contributed by atoms with Gasteiger partial charge in [-0.3, -0.25) is 10.2 Å². The maximum absolute atomic E-state index is 12.8. The number of hydrogen-bond acceptors (Lipinski definition) is 6. The van der Waals surface area contributed by atoms with Gasteiger partial charge in [-0.25, -0.2) is 4.98 Å². The molecule has 1 aliphatic carbocycles. The third-order valence-electron chi connectivity index (χ3n) is 4.91. The minimum absolute atomic E-state index is 0.0708. The third-order valence-corrected chi connectivity index (χ3v) is 8.09. The molecule has 3 N–H and O–H groups in total. The largest absolute Gasteiger partial charge is 0.383 e. The summed E-state index contributed by atoms with van der Waals surface area (Å²) in [7, 11) is 0. The number of aromatic nitrogens is 1. The normalized spacial score (nSPS) is 12.1. The summed E-state index contributed by atoms with van der Waals surface area (Å²) < 4.78 is 1.09. The second-order valence-electron chi connectivity index (χ2n) is 6.57. The van der Waals surface area contributed by atoms with E-state index in [4.69, 9.17) is 16.1 Å². The van der Waals surface area contributed by atoms with Crippen molar-refractivity contribution >= 4 is 46.1 Å². The Bertz CT molecular complexity index is 1300. The number of thiazole rings is 1. The zero-order chi connectivity index (χ0) is 20.1. The molecule has 0 aliphatic heterocycles. The van der Waals surface area contributed by atoms with Crippen LogP contribution < -0.4 is 5.73 Å². The van der Waals surface area contributed by atoms with Crippen LogP contribution in [0.4, 0.5) is 0 Å². The Morgan fingerprint density at radius 2 is 1.76 bits per heavy atom. The van der Waals surface area contributed by atoms with Gasteiger partial charge in [0.25, 0.3) is 0 Å². The smallest absolute Gasteiger partial charge is 0.194 e. The Morgan fingerprint density at radius 1 is 1.03 bits per heavy atom. The minimum atomic E-state index is 0.0708. The first-order valence-electron chi connectivity index (χ1n) is 8.84. The van der Waals surface area contributed by atoms with Crippen molar-refractivity contribution in [2.45, 2.75) is 4.21 Å². The molecule has 2 aromatic carbocycles. The van der Waals surface area contributed by atoms with E-state index in [0.717, 1.165) is 53.2 Å². The Labute approximate surface area is 180 Å². The Morgan fingerprint density at radius 3 is 2.52 bits per heavy atom. The number of rotatable bonds is 4. The molecule has 0 radical (unpaired) electrons. The highest BCUT2D eigenvalue weighted by molar-refractivity contribution is 8.00. The van der Waals surface area contributed by atoms with Gasteiger partial charge in [-0.1, -0.05) is 42.5 Å². The molecule has 4 nitrogen and oxygen atoms in total. The molecule has 0 amide bonds. The van der Waals surface area contributed by atoms with Crippen LogP contribution in [0.5, 0.6) is 0 Å². The molecule has 29 heavy (non-hydrogen) atoms. The van der Waals surface area contributed by atoms with Crippen LogP contribution in [0.25, 0.3) is 33.0 Å². The topological polar surface area (TPSA) is 79.8 Å². The molecule has 0 spiro atoms. The summed E-state index contributed by atoms with van der Waals surface area (Å²) in [5, 5.41) is 10.6. The van der Waals surface area contributed by atoms with Crippen LogP contribution in [0, 0.1) is 5.41 Å². The molecular formula is C22H15N3OS3. The first-order valence-corrected chi connectivity index (χ1v) is 11.8. The zero-order valence-corrected chi connectivity index (χ0v) is 17.8. The van der Waals surface area contributed by atoms with Crippen LogP contribution in [-0.4, -0.2) is 22.9 Å². The highest BCUT2D eigenvalue weighted by Crippen LogP contribution is 2.45. The van der Waals surface area contributed by atoms with Gasteiger partial charge < -0.3 is 5.73 Å². The van der Waals surface area contributed by atoms with E-state index >= 15 is 0 Å². The highest BCUT2D eigenvalue weighted by atomic mass is 32.2. The van der Waals surface area contributed by atoms with Crippen LogP contribution in [-0.2, 0) is 0 Å². The van der Waals surface area contributed by atoms with Crippen molar-refractivity contribution in [2.75, 3.05) is 6.26 Å². The summed E-state index contributed by atoms with van der Waals surface area (Å²) in [6.07, 6.45) is 2.01. The number of amidine groups is 1. The van der Waals surface area contributed by atoms with Gasteiger partial charge in [0.05, 0.1) is 14.8 Å². The van der Waals surface area contributed by atoms with E-state index in [-0.39, 0.29) is 11.6 Å². The number of nitrogens with zero attached hydrogens (tertiary/aromatic N) is 1. The lowest BCUT2D eigenvalue weighted by Gasteiger charge is -2.06. The van der Waals surface area contributed by atoms with Crippen molar-refractivity contribution in [1.82, 2.24) is 4.98 Å². The predicted octanol–water partition coefficient (Wildman–Crippen LogP) is 5.76. The molecule has 4 aromatic rings. The Hall–Kier alpha value is -2.74. The summed E-state index contributed by atoms with van der Waals surface area (Å²) >= 11 is 4.71. The number of thioether (sulfide) groups is 1. The van der Waals surface area contributed by atoms with E-state index < -0.39 is 0 Å². The van der Waals surface area contributed by atoms with Gasteiger partial charge in [0.1, 0.15) is 10.8 Å². The number of nitrogens with two attached hydrogens (primary N) is 1. The third kappa shape index (κ3) is 2.85. The number of fused-ring (bicyclic) bond motifs is 3. The maximum Gasteiger partial charge on any atom is 0.194 e. The number of nitrogen functional groups attached to an aromatic ring is 1. The number of benzene rings is 2. The van der Waals surface area contributed by atoms with Crippen LogP contribution in [0.3, 0.4) is 0 Å². The van der Waals surface area contributed by atoms with Crippen molar-refractivity contribution in [3.63, 3.8) is 0 Å². The lowest BCUT2D eigenvalue weighted by molar-refractivity contribution is 0.104. The number of carbonyl (C=O) groups excluding carboxylic acids is 1. The molecule has 0 bridgehead atoms. The first-order chi connectivity index (χ1) is 14.1. The Balaban J connectivity index is 1.65. The summed E-state index contributed by atoms with van der Waals surface area (Å²) in [4.78, 5) is 18.4. The molecule has 0 saturated heterocycles. The number of carbonyl (C=O) groups is 1. The second kappa shape index (κ2) is 6.95. The molecule has 0 atom stereocenters. The van der Waals surface area contributed by atoms with E-state index in [1.807, 2.05) is 60.2 Å². The van der Waals surface area contributed by atoms with Gasteiger partial charge in [-0.2, -0.15) is 0 Å². The lowest BCUT2D eigenvalue weighted by atomic mass is 9.98. The minimum Gasteiger partial charge on any atom is -0.383 e. The van der Waals surface area contributed by atoms with Gasteiger partial charge >= 0.3 is 0 Å². The summed E-state index contributed by atoms with van der Waals surface area (Å²) in [5.74, 6) is 0.144. The first kappa shape index (κ1) is 18.3. The highest BCUT2D eigenvalue weighted by Gasteiger charge is 2.29. The average molecular weight is 434 g/mol. The molecule has 0 saturated carbocycles. The van der Waals surface area contributed by atoms with Crippen molar-refractivity contribution in [3.05, 3.63) is 69.9 Å². The summed E-state index contributed by atoms with van der Waals surface area (Å²) in [6.45, 7) is 0. The number of ketones is 1. The molecule has 2 heterocycles. The monoisotopic (exact) mass is 433 g/mol. The molecule has 5 rings (SSSR count). The van der Waals surface area contributed by atoms with Gasteiger partial charge in [-0.05, 0) is 17.9 Å². The summed E-state index contributed by atoms with van der Waals surface area (Å²) in [5.41, 5.74) is 11.9. The maximum atomic E-state index is 12.8. The fraction of sp³-hybridized carbons (Fsp3) is 0.0455. The molecule has 7 heteroatoms. The van der Waals surface area contributed by atoms with Crippen LogP contribution in [0.1, 0.15) is 20.8 Å². The van der Waals surface area contributed by atoms with E-state index in [9.17, 15) is 4.79 Å². The van der Waals surface area contributed by atoms with Gasteiger partial charge in [0, 0.05) is 33.2 Å². The standard InChI is InChI=1S/C22H15N3OS3/c1-27-22-15(9-17(29-22)20(23)24)21-25-16(10-28-21)13-7-4-8-14-18(13)11-5-2-3-6-12(11)19(14)26/h2-10H,1H3,(H3,23,24). The fourth-order valence-corrected chi connectivity index (χ4v) is 6.32. The van der Waals surface area contributed by atoms with Crippen molar-refractivity contribution < 1.29 is 4.79 Å². The van der Waals surface area contributed by atoms with Crippen molar-refractivity contribution in [3.8, 4) is 33.0 Å². The molecule has 0 unspecified atom stereocenters.